The van der Waals surface area contributed by atoms with Crippen LogP contribution >= 0.6 is 0 Å². The van der Waals surface area contributed by atoms with Crippen molar-refractivity contribution in [3.05, 3.63) is 0 Å². The van der Waals surface area contributed by atoms with Crippen molar-refractivity contribution in [2.24, 2.45) is 5.92 Å². The Kier molecular flexibility index (Phi) is 2.88. The summed E-state index contributed by atoms with van der Waals surface area (Å²) in [7, 11) is -3.21. The molecular weight excluding hydrogens is 200 g/mol. The van der Waals surface area contributed by atoms with E-state index < -0.39 is 15.6 Å². The van der Waals surface area contributed by atoms with Gasteiger partial charge >= 0.3 is 0 Å². The number of nitriles is 1. The van der Waals surface area contributed by atoms with Crippen LogP contribution in [-0.4, -0.2) is 30.6 Å². The molecule has 1 fully saturated rings. The molecule has 0 aromatic heterocycles. The highest BCUT2D eigenvalue weighted by atomic mass is 32.2. The molecule has 0 aromatic carbocycles. The normalized spacial score (nSPS) is 30.9. The van der Waals surface area contributed by atoms with Crippen LogP contribution < -0.4 is 0 Å². The summed E-state index contributed by atoms with van der Waals surface area (Å²) in [5, 5.41) is 9.01. The third-order valence-electron chi connectivity index (χ3n) is 2.79. The van der Waals surface area contributed by atoms with E-state index in [1.807, 2.05) is 13.8 Å². The van der Waals surface area contributed by atoms with Crippen molar-refractivity contribution in [2.45, 2.75) is 32.7 Å². The first-order chi connectivity index (χ1) is 6.35. The molecule has 4 nitrogen and oxygen atoms in total. The lowest BCUT2D eigenvalue weighted by molar-refractivity contribution is 0.263. The van der Waals surface area contributed by atoms with E-state index in [-0.39, 0.29) is 11.7 Å². The quantitative estimate of drug-likeness (QED) is 0.690. The maximum atomic E-state index is 11.7. The maximum Gasteiger partial charge on any atom is 0.215 e. The van der Waals surface area contributed by atoms with Crippen molar-refractivity contribution in [1.82, 2.24) is 4.31 Å². The Morgan fingerprint density at radius 2 is 2.21 bits per heavy atom. The van der Waals surface area contributed by atoms with Gasteiger partial charge in [0.25, 0.3) is 0 Å². The fourth-order valence-electron chi connectivity index (χ4n) is 1.72. The van der Waals surface area contributed by atoms with Crippen LogP contribution in [0.25, 0.3) is 0 Å². The molecule has 1 aliphatic rings. The van der Waals surface area contributed by atoms with Crippen molar-refractivity contribution < 1.29 is 8.42 Å². The van der Waals surface area contributed by atoms with Gasteiger partial charge in [-0.05, 0) is 19.3 Å². The zero-order valence-electron chi connectivity index (χ0n) is 8.82. The lowest BCUT2D eigenvalue weighted by Gasteiger charge is -2.29. The Labute approximate surface area is 85.6 Å². The first kappa shape index (κ1) is 11.5. The van der Waals surface area contributed by atoms with Crippen LogP contribution in [0.4, 0.5) is 0 Å². The molecule has 0 saturated carbocycles. The molecule has 0 spiro atoms. The maximum absolute atomic E-state index is 11.7. The summed E-state index contributed by atoms with van der Waals surface area (Å²) < 4.78 is 24.8. The molecule has 1 rings (SSSR count). The van der Waals surface area contributed by atoms with Gasteiger partial charge in [0.2, 0.25) is 10.0 Å². The predicted molar refractivity (Wildman–Crippen MR) is 54.0 cm³/mol. The Hall–Kier alpha value is -0.600. The van der Waals surface area contributed by atoms with Crippen molar-refractivity contribution in [2.75, 3.05) is 12.3 Å². The highest BCUT2D eigenvalue weighted by Crippen LogP contribution is 2.29. The van der Waals surface area contributed by atoms with Crippen LogP contribution in [-0.2, 0) is 10.0 Å². The van der Waals surface area contributed by atoms with Crippen molar-refractivity contribution >= 4 is 10.0 Å². The second-order valence-electron chi connectivity index (χ2n) is 4.15. The Bertz CT molecular complexity index is 357. The minimum atomic E-state index is -3.21. The highest BCUT2D eigenvalue weighted by molar-refractivity contribution is 7.89. The van der Waals surface area contributed by atoms with Gasteiger partial charge in [0.15, 0.2) is 0 Å². The molecular formula is C9H16N2O2S. The second-order valence-corrected chi connectivity index (χ2v) is 6.09. The first-order valence-corrected chi connectivity index (χ1v) is 6.38. The summed E-state index contributed by atoms with van der Waals surface area (Å²) in [6.45, 7) is 5.88. The zero-order chi connectivity index (χ0) is 11.0. The van der Waals surface area contributed by atoms with Gasteiger partial charge in [0.05, 0.1) is 11.8 Å². The molecule has 1 saturated heterocycles. The summed E-state index contributed by atoms with van der Waals surface area (Å²) in [4.78, 5) is 0. The fraction of sp³-hybridized carbons (Fsp3) is 0.889. The number of nitrogens with zero attached hydrogens (tertiary/aromatic N) is 2. The van der Waals surface area contributed by atoms with E-state index in [2.05, 4.69) is 6.07 Å². The molecule has 5 heteroatoms. The Balaban J connectivity index is 3.06. The molecule has 0 bridgehead atoms. The molecule has 80 valence electrons. The van der Waals surface area contributed by atoms with E-state index in [0.717, 1.165) is 0 Å². The van der Waals surface area contributed by atoms with Crippen LogP contribution in [0.5, 0.6) is 0 Å². The van der Waals surface area contributed by atoms with Gasteiger partial charge in [0, 0.05) is 6.54 Å². The smallest absolute Gasteiger partial charge is 0.212 e. The molecule has 1 heterocycles. The van der Waals surface area contributed by atoms with Crippen LogP contribution in [0.3, 0.4) is 0 Å². The number of rotatable bonds is 2. The van der Waals surface area contributed by atoms with E-state index in [1.165, 1.54) is 4.31 Å². The Morgan fingerprint density at radius 1 is 1.64 bits per heavy atom. The van der Waals surface area contributed by atoms with Crippen molar-refractivity contribution in [3.63, 3.8) is 0 Å². The molecule has 2 atom stereocenters. The summed E-state index contributed by atoms with van der Waals surface area (Å²) >= 11 is 0. The topological polar surface area (TPSA) is 61.2 Å². The van der Waals surface area contributed by atoms with Gasteiger partial charge in [-0.25, -0.2) is 8.42 Å². The van der Waals surface area contributed by atoms with E-state index in [1.54, 1.807) is 6.92 Å². The number of hydrogen-bond acceptors (Lipinski definition) is 3. The lowest BCUT2D eigenvalue weighted by atomic mass is 10.0. The minimum absolute atomic E-state index is 0.124. The van der Waals surface area contributed by atoms with E-state index in [4.69, 9.17) is 5.26 Å². The monoisotopic (exact) mass is 216 g/mol. The van der Waals surface area contributed by atoms with Gasteiger partial charge in [0.1, 0.15) is 5.54 Å². The average Bonchev–Trinajstić information content (AvgIpc) is 2.39. The first-order valence-electron chi connectivity index (χ1n) is 4.77. The molecule has 0 aromatic rings. The molecule has 1 aliphatic heterocycles. The van der Waals surface area contributed by atoms with Gasteiger partial charge in [-0.1, -0.05) is 13.8 Å². The zero-order valence-corrected chi connectivity index (χ0v) is 9.63. The van der Waals surface area contributed by atoms with Gasteiger partial charge in [-0.2, -0.15) is 9.57 Å². The SMILES string of the molecule is CCC(C)(C#N)N1CC(C)CS1(=O)=O. The summed E-state index contributed by atoms with van der Waals surface area (Å²) in [5.41, 5.74) is -0.871. The number of hydrogen-bond donors (Lipinski definition) is 0. The molecule has 0 aliphatic carbocycles. The highest BCUT2D eigenvalue weighted by Gasteiger charge is 2.44. The summed E-state index contributed by atoms with van der Waals surface area (Å²) in [6.07, 6.45) is 0.523. The van der Waals surface area contributed by atoms with E-state index >= 15 is 0 Å². The Morgan fingerprint density at radius 3 is 2.50 bits per heavy atom. The number of sulfonamides is 1. The third-order valence-corrected chi connectivity index (χ3v) is 5.00. The largest absolute Gasteiger partial charge is 0.215 e. The molecule has 14 heavy (non-hydrogen) atoms. The van der Waals surface area contributed by atoms with Crippen LogP contribution in [0.1, 0.15) is 27.2 Å². The van der Waals surface area contributed by atoms with E-state index in [0.29, 0.717) is 13.0 Å². The molecule has 0 N–H and O–H groups in total. The molecule has 0 radical (unpaired) electrons. The third kappa shape index (κ3) is 1.77. The van der Waals surface area contributed by atoms with Crippen LogP contribution in [0.15, 0.2) is 0 Å². The molecule has 0 amide bonds. The van der Waals surface area contributed by atoms with Gasteiger partial charge in [-0.15, -0.1) is 0 Å². The summed E-state index contributed by atoms with van der Waals surface area (Å²) in [5.74, 6) is 0.295. The van der Waals surface area contributed by atoms with Gasteiger partial charge < -0.3 is 0 Å². The fourth-order valence-corrected chi connectivity index (χ4v) is 3.99. The van der Waals surface area contributed by atoms with Crippen molar-refractivity contribution in [3.8, 4) is 6.07 Å². The van der Waals surface area contributed by atoms with Crippen molar-refractivity contribution in [1.29, 1.82) is 5.26 Å². The lowest BCUT2D eigenvalue weighted by Crippen LogP contribution is -2.45. The molecule has 2 unspecified atom stereocenters. The second kappa shape index (κ2) is 3.52. The average molecular weight is 216 g/mol. The summed E-state index contributed by atoms with van der Waals surface area (Å²) in [6, 6.07) is 2.09. The minimum Gasteiger partial charge on any atom is -0.212 e. The van der Waals surface area contributed by atoms with E-state index in [9.17, 15) is 8.42 Å². The van der Waals surface area contributed by atoms with Gasteiger partial charge in [-0.3, -0.25) is 0 Å². The van der Waals surface area contributed by atoms with Crippen LogP contribution in [0, 0.1) is 17.2 Å². The van der Waals surface area contributed by atoms with Crippen LogP contribution in [0.2, 0.25) is 0 Å². The standard InChI is InChI=1S/C9H16N2O2S/c1-4-9(3,7-10)11-5-8(2)6-14(11,12)13/h8H,4-6H2,1-3H3. The predicted octanol–water partition coefficient (Wildman–Crippen LogP) is 0.960.